The van der Waals surface area contributed by atoms with Gasteiger partial charge in [-0.3, -0.25) is 4.57 Å². The first-order valence-corrected chi connectivity index (χ1v) is 6.55. The van der Waals surface area contributed by atoms with Crippen LogP contribution in [0.4, 0.5) is 0 Å². The third-order valence-electron chi connectivity index (χ3n) is 1.45. The smallest absolute Gasteiger partial charge is 0.309 e. The Kier molecular flexibility index (Phi) is 7.77. The molecule has 82 valence electrons. The molecular formula is C10H19O3P. The molecule has 0 N–H and O–H groups in total. The van der Waals surface area contributed by atoms with Crippen LogP contribution in [0.3, 0.4) is 0 Å². The van der Waals surface area contributed by atoms with E-state index in [-0.39, 0.29) is 0 Å². The number of hydrogen-bond acceptors (Lipinski definition) is 3. The lowest BCUT2D eigenvalue weighted by atomic mass is 10.4. The minimum Gasteiger partial charge on any atom is -0.309 e. The molecule has 0 saturated carbocycles. The highest BCUT2D eigenvalue weighted by molar-refractivity contribution is 7.54. The van der Waals surface area contributed by atoms with Crippen molar-refractivity contribution in [3.8, 4) is 0 Å². The highest BCUT2D eigenvalue weighted by Crippen LogP contribution is 2.47. The third kappa shape index (κ3) is 6.14. The fourth-order valence-electron chi connectivity index (χ4n) is 0.932. The summed E-state index contributed by atoms with van der Waals surface area (Å²) in [5, 5.41) is 0. The molecule has 0 aromatic carbocycles. The first kappa shape index (κ1) is 13.6. The summed E-state index contributed by atoms with van der Waals surface area (Å²) in [5.41, 5.74) is 0. The van der Waals surface area contributed by atoms with Gasteiger partial charge in [-0.05, 0) is 20.3 Å². The van der Waals surface area contributed by atoms with Crippen LogP contribution >= 0.6 is 7.60 Å². The molecule has 0 atom stereocenters. The molecule has 4 heteroatoms. The average molecular weight is 218 g/mol. The highest BCUT2D eigenvalue weighted by atomic mass is 31.2. The van der Waals surface area contributed by atoms with Crippen LogP contribution in [0.2, 0.25) is 0 Å². The van der Waals surface area contributed by atoms with Gasteiger partial charge in [-0.25, -0.2) is 0 Å². The molecule has 0 aliphatic rings. The van der Waals surface area contributed by atoms with Crippen LogP contribution in [0, 0.1) is 0 Å². The molecule has 0 aromatic rings. The van der Waals surface area contributed by atoms with Gasteiger partial charge in [0.1, 0.15) is 0 Å². The monoisotopic (exact) mass is 218 g/mol. The summed E-state index contributed by atoms with van der Waals surface area (Å²) < 4.78 is 22.1. The molecule has 0 bridgehead atoms. The first-order chi connectivity index (χ1) is 6.68. The predicted molar refractivity (Wildman–Crippen MR) is 59.7 cm³/mol. The van der Waals surface area contributed by atoms with Gasteiger partial charge in [-0.1, -0.05) is 18.2 Å². The maximum Gasteiger partial charge on any atom is 0.334 e. The van der Waals surface area contributed by atoms with Crippen molar-refractivity contribution in [3.63, 3.8) is 0 Å². The van der Waals surface area contributed by atoms with Crippen LogP contribution in [0.15, 0.2) is 24.8 Å². The van der Waals surface area contributed by atoms with Gasteiger partial charge in [0.2, 0.25) is 0 Å². The zero-order valence-corrected chi connectivity index (χ0v) is 9.83. The Bertz CT molecular complexity index is 213. The third-order valence-corrected chi connectivity index (χ3v) is 3.41. The van der Waals surface area contributed by atoms with Crippen molar-refractivity contribution >= 4 is 7.60 Å². The first-order valence-electron chi connectivity index (χ1n) is 4.82. The summed E-state index contributed by atoms with van der Waals surface area (Å²) in [6.45, 7) is 8.01. The van der Waals surface area contributed by atoms with E-state index in [1.807, 2.05) is 12.2 Å². The molecule has 0 aliphatic heterocycles. The molecule has 0 heterocycles. The van der Waals surface area contributed by atoms with Crippen molar-refractivity contribution in [1.82, 2.24) is 0 Å². The van der Waals surface area contributed by atoms with Crippen molar-refractivity contribution in [2.24, 2.45) is 0 Å². The van der Waals surface area contributed by atoms with E-state index in [9.17, 15) is 4.57 Å². The van der Waals surface area contributed by atoms with E-state index in [1.54, 1.807) is 19.9 Å². The van der Waals surface area contributed by atoms with Gasteiger partial charge in [0.05, 0.1) is 19.4 Å². The summed E-state index contributed by atoms with van der Waals surface area (Å²) in [6, 6.07) is 0. The van der Waals surface area contributed by atoms with Crippen molar-refractivity contribution < 1.29 is 13.6 Å². The molecule has 0 aliphatic carbocycles. The van der Waals surface area contributed by atoms with E-state index in [0.29, 0.717) is 19.4 Å². The molecule has 14 heavy (non-hydrogen) atoms. The van der Waals surface area contributed by atoms with Crippen molar-refractivity contribution in [3.05, 3.63) is 24.8 Å². The van der Waals surface area contributed by atoms with E-state index in [4.69, 9.17) is 9.05 Å². The lowest BCUT2D eigenvalue weighted by Gasteiger charge is -2.14. The van der Waals surface area contributed by atoms with Gasteiger partial charge in [-0.15, -0.1) is 6.58 Å². The summed E-state index contributed by atoms with van der Waals surface area (Å²) in [4.78, 5) is 0. The Morgan fingerprint density at radius 1 is 1.21 bits per heavy atom. The second-order valence-electron chi connectivity index (χ2n) is 2.62. The Labute approximate surface area is 86.3 Å². The molecule has 0 amide bonds. The molecule has 0 fully saturated rings. The van der Waals surface area contributed by atoms with E-state index < -0.39 is 7.60 Å². The van der Waals surface area contributed by atoms with E-state index in [1.165, 1.54) is 0 Å². The van der Waals surface area contributed by atoms with Crippen LogP contribution in [0.5, 0.6) is 0 Å². The second kappa shape index (κ2) is 7.98. The lowest BCUT2D eigenvalue weighted by molar-refractivity contribution is 0.222. The summed E-state index contributed by atoms with van der Waals surface area (Å²) in [5.74, 6) is 0. The SMILES string of the molecule is C=CC/C=C/CP(=O)(OCC)OCC. The molecule has 0 rings (SSSR count). The lowest BCUT2D eigenvalue weighted by Crippen LogP contribution is -1.98. The van der Waals surface area contributed by atoms with Gasteiger partial charge in [0.25, 0.3) is 0 Å². The minimum absolute atomic E-state index is 0.336. The van der Waals surface area contributed by atoms with Gasteiger partial charge in [0, 0.05) is 0 Å². The van der Waals surface area contributed by atoms with E-state index >= 15 is 0 Å². The van der Waals surface area contributed by atoms with Gasteiger partial charge < -0.3 is 9.05 Å². The van der Waals surface area contributed by atoms with Crippen molar-refractivity contribution in [1.29, 1.82) is 0 Å². The van der Waals surface area contributed by atoms with Crippen LogP contribution in [0.25, 0.3) is 0 Å². The maximum atomic E-state index is 11.9. The van der Waals surface area contributed by atoms with Gasteiger partial charge in [-0.2, -0.15) is 0 Å². The Balaban J connectivity index is 4.07. The summed E-state index contributed by atoms with van der Waals surface area (Å²) >= 11 is 0. The van der Waals surface area contributed by atoms with Gasteiger partial charge >= 0.3 is 7.60 Å². The average Bonchev–Trinajstić information content (AvgIpc) is 2.13. The van der Waals surface area contributed by atoms with Crippen LogP contribution in [-0.2, 0) is 13.6 Å². The molecule has 0 spiro atoms. The highest BCUT2D eigenvalue weighted by Gasteiger charge is 2.20. The minimum atomic E-state index is -2.88. The molecule has 0 saturated heterocycles. The number of allylic oxidation sites excluding steroid dienone is 3. The van der Waals surface area contributed by atoms with Crippen molar-refractivity contribution in [2.45, 2.75) is 20.3 Å². The topological polar surface area (TPSA) is 35.5 Å². The van der Waals surface area contributed by atoms with Crippen LogP contribution < -0.4 is 0 Å². The largest absolute Gasteiger partial charge is 0.334 e. The molecule has 0 radical (unpaired) electrons. The quantitative estimate of drug-likeness (QED) is 0.462. The Morgan fingerprint density at radius 2 is 1.79 bits per heavy atom. The Hall–Kier alpha value is -0.370. The second-order valence-corrected chi connectivity index (χ2v) is 4.73. The molecule has 0 aromatic heterocycles. The van der Waals surface area contributed by atoms with Crippen LogP contribution in [-0.4, -0.2) is 19.4 Å². The van der Waals surface area contributed by atoms with E-state index in [0.717, 1.165) is 6.42 Å². The van der Waals surface area contributed by atoms with Crippen LogP contribution in [0.1, 0.15) is 20.3 Å². The van der Waals surface area contributed by atoms with Gasteiger partial charge in [0.15, 0.2) is 0 Å². The molecule has 3 nitrogen and oxygen atoms in total. The zero-order valence-electron chi connectivity index (χ0n) is 8.94. The summed E-state index contributed by atoms with van der Waals surface area (Å²) in [6.07, 6.45) is 6.61. The molecular weight excluding hydrogens is 199 g/mol. The van der Waals surface area contributed by atoms with E-state index in [2.05, 4.69) is 6.58 Å². The Morgan fingerprint density at radius 3 is 2.21 bits per heavy atom. The number of rotatable bonds is 8. The maximum absolute atomic E-state index is 11.9. The van der Waals surface area contributed by atoms with Crippen molar-refractivity contribution in [2.75, 3.05) is 19.4 Å². The normalized spacial score (nSPS) is 12.1. The number of hydrogen-bond donors (Lipinski definition) is 0. The predicted octanol–water partition coefficient (Wildman–Crippen LogP) is 3.38. The fraction of sp³-hybridized carbons (Fsp3) is 0.600. The molecule has 0 unspecified atom stereocenters. The summed E-state index contributed by atoms with van der Waals surface area (Å²) in [7, 11) is -2.88. The zero-order chi connectivity index (χ0) is 10.9. The standard InChI is InChI=1S/C10H19O3P/c1-4-7-8-9-10-14(11,12-5-2)13-6-3/h4,8-9H,1,5-7,10H2,2-3H3/b9-8+. The fourth-order valence-corrected chi connectivity index (χ4v) is 2.41.